The minimum absolute atomic E-state index is 0.132. The van der Waals surface area contributed by atoms with Crippen LogP contribution in [0.3, 0.4) is 0 Å². The van der Waals surface area contributed by atoms with E-state index in [0.29, 0.717) is 13.0 Å². The summed E-state index contributed by atoms with van der Waals surface area (Å²) in [4.78, 5) is 12.1. The van der Waals surface area contributed by atoms with E-state index in [1.54, 1.807) is 4.90 Å². The lowest BCUT2D eigenvalue weighted by atomic mass is 9.94. The van der Waals surface area contributed by atoms with Gasteiger partial charge in [-0.2, -0.15) is 0 Å². The van der Waals surface area contributed by atoms with Gasteiger partial charge in [0.2, 0.25) is 0 Å². The van der Waals surface area contributed by atoms with E-state index in [0.717, 1.165) is 12.8 Å². The summed E-state index contributed by atoms with van der Waals surface area (Å²) >= 11 is 0. The first-order valence-corrected chi connectivity index (χ1v) is 6.58. The molecule has 0 radical (unpaired) electrons. The highest BCUT2D eigenvalue weighted by Crippen LogP contribution is 2.19. The van der Waals surface area contributed by atoms with E-state index in [-0.39, 0.29) is 19.6 Å². The number of piperidine rings is 1. The van der Waals surface area contributed by atoms with Crippen LogP contribution in [-0.2, 0) is 4.79 Å². The van der Waals surface area contributed by atoms with E-state index in [1.807, 2.05) is 0 Å². The molecule has 112 valence electrons. The number of hydrogen-bond donors (Lipinski definition) is 5. The number of rotatable bonds is 7. The fraction of sp³-hybridized carbons (Fsp3) is 0.917. The van der Waals surface area contributed by atoms with Crippen LogP contribution in [0.15, 0.2) is 0 Å². The molecule has 1 fully saturated rings. The van der Waals surface area contributed by atoms with Crippen LogP contribution in [0, 0.1) is 0 Å². The highest BCUT2D eigenvalue weighted by molar-refractivity contribution is 5.66. The first kappa shape index (κ1) is 16.3. The summed E-state index contributed by atoms with van der Waals surface area (Å²) in [5.74, 6) is -0.819. The Labute approximate surface area is 112 Å². The van der Waals surface area contributed by atoms with E-state index in [9.17, 15) is 25.2 Å². The van der Waals surface area contributed by atoms with Crippen molar-refractivity contribution < 1.29 is 30.3 Å². The molecule has 1 saturated heterocycles. The van der Waals surface area contributed by atoms with Gasteiger partial charge in [-0.25, -0.2) is 0 Å². The number of aliphatic carboxylic acids is 1. The van der Waals surface area contributed by atoms with Gasteiger partial charge in [-0.1, -0.05) is 6.42 Å². The number of unbranched alkanes of at least 4 members (excludes halogenated alkanes) is 2. The van der Waals surface area contributed by atoms with Gasteiger partial charge >= 0.3 is 5.97 Å². The normalized spacial score (nSPS) is 32.4. The van der Waals surface area contributed by atoms with E-state index in [1.165, 1.54) is 0 Å². The van der Waals surface area contributed by atoms with Gasteiger partial charge in [0.25, 0.3) is 0 Å². The molecule has 0 amide bonds. The van der Waals surface area contributed by atoms with Crippen molar-refractivity contribution >= 4 is 5.97 Å². The van der Waals surface area contributed by atoms with E-state index in [2.05, 4.69) is 0 Å². The predicted molar refractivity (Wildman–Crippen MR) is 66.6 cm³/mol. The van der Waals surface area contributed by atoms with Crippen LogP contribution in [0.1, 0.15) is 25.7 Å². The Morgan fingerprint density at radius 3 is 2.37 bits per heavy atom. The standard InChI is InChI=1S/C12H23NO6/c14-7-8-11(18)12(19)9(15)6-13(8)5-3-1-2-4-10(16)17/h8-9,11-12,14-15,18-19H,1-7H2,(H,16,17)/t8-,9-,11+,12-/m0/s1. The second-order valence-electron chi connectivity index (χ2n) is 5.00. The Morgan fingerprint density at radius 1 is 1.11 bits per heavy atom. The zero-order valence-corrected chi connectivity index (χ0v) is 10.9. The summed E-state index contributed by atoms with van der Waals surface area (Å²) in [6.07, 6.45) is -1.27. The fourth-order valence-corrected chi connectivity index (χ4v) is 2.40. The highest BCUT2D eigenvalue weighted by Gasteiger charge is 2.40. The van der Waals surface area contributed by atoms with Gasteiger partial charge in [-0.15, -0.1) is 0 Å². The molecular formula is C12H23NO6. The molecule has 1 rings (SSSR count). The molecule has 0 aromatic carbocycles. The average Bonchev–Trinajstić information content (AvgIpc) is 2.35. The number of aliphatic hydroxyl groups is 4. The quantitative estimate of drug-likeness (QED) is 0.355. The maximum Gasteiger partial charge on any atom is 0.303 e. The van der Waals surface area contributed by atoms with Crippen molar-refractivity contribution in [2.45, 2.75) is 50.0 Å². The summed E-state index contributed by atoms with van der Waals surface area (Å²) in [5.41, 5.74) is 0. The molecule has 5 N–H and O–H groups in total. The van der Waals surface area contributed by atoms with Gasteiger partial charge in [-0.05, 0) is 19.4 Å². The zero-order chi connectivity index (χ0) is 14.4. The number of likely N-dealkylation sites (tertiary alicyclic amines) is 1. The first-order valence-electron chi connectivity index (χ1n) is 6.58. The lowest BCUT2D eigenvalue weighted by Crippen LogP contribution is -2.62. The number of nitrogens with zero attached hydrogens (tertiary/aromatic N) is 1. The van der Waals surface area contributed by atoms with Crippen molar-refractivity contribution in [3.8, 4) is 0 Å². The van der Waals surface area contributed by atoms with Crippen molar-refractivity contribution in [2.24, 2.45) is 0 Å². The third-order valence-corrected chi connectivity index (χ3v) is 3.55. The third-order valence-electron chi connectivity index (χ3n) is 3.55. The molecule has 0 aromatic heterocycles. The minimum Gasteiger partial charge on any atom is -0.481 e. The summed E-state index contributed by atoms with van der Waals surface area (Å²) < 4.78 is 0. The van der Waals surface area contributed by atoms with Gasteiger partial charge in [0, 0.05) is 13.0 Å². The molecule has 1 heterocycles. The summed E-state index contributed by atoms with van der Waals surface area (Å²) in [5, 5.41) is 46.6. The Balaban J connectivity index is 2.36. The number of aliphatic hydroxyl groups excluding tert-OH is 4. The number of carboxylic acid groups (broad SMARTS) is 1. The maximum absolute atomic E-state index is 10.3. The molecule has 0 unspecified atom stereocenters. The fourth-order valence-electron chi connectivity index (χ4n) is 2.40. The molecule has 1 aliphatic heterocycles. The Kier molecular flexibility index (Phi) is 6.67. The second-order valence-corrected chi connectivity index (χ2v) is 5.00. The summed E-state index contributed by atoms with van der Waals surface area (Å²) in [7, 11) is 0. The van der Waals surface area contributed by atoms with Crippen LogP contribution in [0.25, 0.3) is 0 Å². The first-order chi connectivity index (χ1) is 8.97. The van der Waals surface area contributed by atoms with Gasteiger partial charge in [0.05, 0.1) is 18.8 Å². The molecule has 0 spiro atoms. The van der Waals surface area contributed by atoms with Gasteiger partial charge in [0.1, 0.15) is 12.2 Å². The average molecular weight is 277 g/mol. The highest BCUT2D eigenvalue weighted by atomic mass is 16.4. The molecule has 0 aliphatic carbocycles. The van der Waals surface area contributed by atoms with Crippen molar-refractivity contribution in [1.29, 1.82) is 0 Å². The van der Waals surface area contributed by atoms with E-state index < -0.39 is 30.3 Å². The van der Waals surface area contributed by atoms with Crippen molar-refractivity contribution in [3.63, 3.8) is 0 Å². The minimum atomic E-state index is -1.24. The van der Waals surface area contributed by atoms with Gasteiger partial charge < -0.3 is 25.5 Å². The molecular weight excluding hydrogens is 254 g/mol. The molecule has 7 nitrogen and oxygen atoms in total. The van der Waals surface area contributed by atoms with Crippen LogP contribution >= 0.6 is 0 Å². The molecule has 0 bridgehead atoms. The molecule has 0 aromatic rings. The van der Waals surface area contributed by atoms with Gasteiger partial charge in [0.15, 0.2) is 0 Å². The van der Waals surface area contributed by atoms with Crippen molar-refractivity contribution in [3.05, 3.63) is 0 Å². The zero-order valence-electron chi connectivity index (χ0n) is 10.9. The molecule has 0 saturated carbocycles. The van der Waals surface area contributed by atoms with Crippen LogP contribution in [0.2, 0.25) is 0 Å². The van der Waals surface area contributed by atoms with E-state index in [4.69, 9.17) is 5.11 Å². The van der Waals surface area contributed by atoms with Crippen LogP contribution in [0.5, 0.6) is 0 Å². The largest absolute Gasteiger partial charge is 0.481 e. The molecule has 7 heteroatoms. The topological polar surface area (TPSA) is 121 Å². The van der Waals surface area contributed by atoms with E-state index >= 15 is 0 Å². The van der Waals surface area contributed by atoms with Crippen LogP contribution in [-0.4, -0.2) is 80.5 Å². The van der Waals surface area contributed by atoms with Crippen LogP contribution < -0.4 is 0 Å². The second kappa shape index (κ2) is 7.76. The monoisotopic (exact) mass is 277 g/mol. The van der Waals surface area contributed by atoms with Crippen molar-refractivity contribution in [1.82, 2.24) is 4.90 Å². The molecule has 4 atom stereocenters. The summed E-state index contributed by atoms with van der Waals surface area (Å²) in [6, 6.07) is -0.585. The summed E-state index contributed by atoms with van der Waals surface area (Å²) in [6.45, 7) is 0.453. The lowest BCUT2D eigenvalue weighted by Gasteiger charge is -2.43. The smallest absolute Gasteiger partial charge is 0.303 e. The number of β-amino-alcohol motifs (C(OH)–C–C–N with tert-alkyl or cyclic N) is 1. The van der Waals surface area contributed by atoms with Gasteiger partial charge in [-0.3, -0.25) is 9.69 Å². The Morgan fingerprint density at radius 2 is 1.79 bits per heavy atom. The van der Waals surface area contributed by atoms with Crippen LogP contribution in [0.4, 0.5) is 0 Å². The number of carboxylic acids is 1. The number of carbonyl (C=O) groups is 1. The Hall–Kier alpha value is -0.730. The SMILES string of the molecule is O=C(O)CCCCCN1C[C@H](O)[C@H](O)[C@H](O)[C@@H]1CO. The Bertz CT molecular complexity index is 287. The molecule has 19 heavy (non-hydrogen) atoms. The van der Waals surface area contributed by atoms with Crippen molar-refractivity contribution in [2.75, 3.05) is 19.7 Å². The lowest BCUT2D eigenvalue weighted by molar-refractivity contribution is -0.145. The molecule has 1 aliphatic rings. The number of hydrogen-bond acceptors (Lipinski definition) is 6. The maximum atomic E-state index is 10.3. The third kappa shape index (κ3) is 4.70. The predicted octanol–water partition coefficient (Wildman–Crippen LogP) is -1.61.